The first-order valence-electron chi connectivity index (χ1n) is 6.04. The summed E-state index contributed by atoms with van der Waals surface area (Å²) in [5.74, 6) is 0.314. The average molecular weight is 269 g/mol. The molecule has 1 N–H and O–H groups in total. The molecule has 100 valence electrons. The number of ether oxygens (including phenoxy) is 1. The molecule has 0 aliphatic rings. The Morgan fingerprint density at radius 1 is 1.15 bits per heavy atom. The number of oxazole rings is 1. The normalized spacial score (nSPS) is 10.7. The number of carbonyl (C=O) groups excluding carboxylic acids is 1. The van der Waals surface area contributed by atoms with E-state index in [9.17, 15) is 9.59 Å². The SMILES string of the molecule is CC(=O)c1cc(Oc2ccccc2)cc2[nH]c(=O)oc12. The zero-order valence-corrected chi connectivity index (χ0v) is 10.7. The number of hydrogen-bond donors (Lipinski definition) is 1. The van der Waals surface area contributed by atoms with Crippen molar-refractivity contribution in [3.63, 3.8) is 0 Å². The van der Waals surface area contributed by atoms with E-state index in [4.69, 9.17) is 9.15 Å². The van der Waals surface area contributed by atoms with E-state index in [1.165, 1.54) is 6.92 Å². The molecule has 0 aliphatic heterocycles. The van der Waals surface area contributed by atoms with E-state index in [2.05, 4.69) is 4.98 Å². The van der Waals surface area contributed by atoms with Crippen molar-refractivity contribution in [2.24, 2.45) is 0 Å². The summed E-state index contributed by atoms with van der Waals surface area (Å²) in [5.41, 5.74) is 1.00. The maximum Gasteiger partial charge on any atom is 0.417 e. The van der Waals surface area contributed by atoms with Crippen molar-refractivity contribution >= 4 is 16.9 Å². The molecule has 5 nitrogen and oxygen atoms in total. The highest BCUT2D eigenvalue weighted by atomic mass is 16.5. The van der Waals surface area contributed by atoms with Gasteiger partial charge in [-0.3, -0.25) is 9.78 Å². The van der Waals surface area contributed by atoms with Crippen molar-refractivity contribution < 1.29 is 13.9 Å². The van der Waals surface area contributed by atoms with E-state index in [0.29, 0.717) is 22.6 Å². The predicted molar refractivity (Wildman–Crippen MR) is 73.4 cm³/mol. The van der Waals surface area contributed by atoms with Crippen molar-refractivity contribution in [3.05, 3.63) is 58.6 Å². The van der Waals surface area contributed by atoms with Gasteiger partial charge in [0.2, 0.25) is 0 Å². The molecule has 1 aromatic heterocycles. The summed E-state index contributed by atoms with van der Waals surface area (Å²) >= 11 is 0. The van der Waals surface area contributed by atoms with Crippen molar-refractivity contribution in [1.82, 2.24) is 4.98 Å². The Morgan fingerprint density at radius 2 is 1.90 bits per heavy atom. The van der Waals surface area contributed by atoms with Crippen LogP contribution in [-0.2, 0) is 0 Å². The van der Waals surface area contributed by atoms with Crippen LogP contribution in [0.2, 0.25) is 0 Å². The van der Waals surface area contributed by atoms with Gasteiger partial charge in [0.15, 0.2) is 11.4 Å². The summed E-state index contributed by atoms with van der Waals surface area (Å²) in [4.78, 5) is 25.4. The van der Waals surface area contributed by atoms with Crippen LogP contribution < -0.4 is 10.5 Å². The van der Waals surface area contributed by atoms with E-state index in [1.54, 1.807) is 24.3 Å². The van der Waals surface area contributed by atoms with Gasteiger partial charge in [-0.05, 0) is 25.1 Å². The molecule has 0 amide bonds. The molecule has 2 aromatic carbocycles. The monoisotopic (exact) mass is 269 g/mol. The van der Waals surface area contributed by atoms with Gasteiger partial charge in [-0.1, -0.05) is 18.2 Å². The number of H-pyrrole nitrogens is 1. The summed E-state index contributed by atoms with van der Waals surface area (Å²) in [6.45, 7) is 1.41. The fraction of sp³-hybridized carbons (Fsp3) is 0.0667. The first-order valence-corrected chi connectivity index (χ1v) is 6.04. The maximum absolute atomic E-state index is 11.6. The van der Waals surface area contributed by atoms with Crippen LogP contribution >= 0.6 is 0 Å². The molecule has 0 atom stereocenters. The number of benzene rings is 2. The van der Waals surface area contributed by atoms with Gasteiger partial charge >= 0.3 is 5.76 Å². The minimum Gasteiger partial charge on any atom is -0.457 e. The van der Waals surface area contributed by atoms with E-state index < -0.39 is 5.76 Å². The van der Waals surface area contributed by atoms with Gasteiger partial charge in [0, 0.05) is 6.07 Å². The quantitative estimate of drug-likeness (QED) is 0.741. The van der Waals surface area contributed by atoms with Crippen LogP contribution in [0.25, 0.3) is 11.1 Å². The van der Waals surface area contributed by atoms with Gasteiger partial charge < -0.3 is 9.15 Å². The van der Waals surface area contributed by atoms with E-state index in [-0.39, 0.29) is 11.4 Å². The molecule has 0 saturated carbocycles. The highest BCUT2D eigenvalue weighted by Gasteiger charge is 2.14. The van der Waals surface area contributed by atoms with Crippen molar-refractivity contribution in [3.8, 4) is 11.5 Å². The number of nitrogens with one attached hydrogen (secondary N) is 1. The van der Waals surface area contributed by atoms with Crippen LogP contribution in [0.1, 0.15) is 17.3 Å². The molecule has 0 radical (unpaired) electrons. The van der Waals surface area contributed by atoms with Gasteiger partial charge in [0.05, 0.1) is 11.1 Å². The largest absolute Gasteiger partial charge is 0.457 e. The predicted octanol–water partition coefficient (Wildman–Crippen LogP) is 3.12. The first kappa shape index (κ1) is 12.2. The molecule has 0 unspecified atom stereocenters. The maximum atomic E-state index is 11.6. The molecule has 5 heteroatoms. The summed E-state index contributed by atoms with van der Waals surface area (Å²) in [5, 5.41) is 0. The standard InChI is InChI=1S/C15H11NO4/c1-9(17)12-7-11(19-10-5-3-2-4-6-10)8-13-14(12)20-15(18)16-13/h2-8H,1H3,(H,16,18). The number of fused-ring (bicyclic) bond motifs is 1. The number of hydrogen-bond acceptors (Lipinski definition) is 4. The minimum absolute atomic E-state index is 0.198. The van der Waals surface area contributed by atoms with Gasteiger partial charge in [-0.2, -0.15) is 0 Å². The van der Waals surface area contributed by atoms with E-state index in [0.717, 1.165) is 0 Å². The molecular weight excluding hydrogens is 258 g/mol. The number of rotatable bonds is 3. The molecule has 0 aliphatic carbocycles. The third-order valence-electron chi connectivity index (χ3n) is 2.85. The Balaban J connectivity index is 2.12. The molecule has 0 spiro atoms. The summed E-state index contributed by atoms with van der Waals surface area (Å²) in [6.07, 6.45) is 0. The van der Waals surface area contributed by atoms with E-state index >= 15 is 0 Å². The van der Waals surface area contributed by atoms with Crippen LogP contribution in [0, 0.1) is 0 Å². The molecule has 3 rings (SSSR count). The Morgan fingerprint density at radius 3 is 2.60 bits per heavy atom. The smallest absolute Gasteiger partial charge is 0.417 e. The second-order valence-corrected chi connectivity index (χ2v) is 4.33. The minimum atomic E-state index is -0.598. The Labute approximate surface area is 113 Å². The van der Waals surface area contributed by atoms with Crippen LogP contribution in [0.4, 0.5) is 0 Å². The lowest BCUT2D eigenvalue weighted by molar-refractivity contribution is 0.101. The van der Waals surface area contributed by atoms with Crippen LogP contribution in [0.5, 0.6) is 11.5 Å². The summed E-state index contributed by atoms with van der Waals surface area (Å²) < 4.78 is 10.6. The van der Waals surface area contributed by atoms with Crippen molar-refractivity contribution in [1.29, 1.82) is 0 Å². The second kappa shape index (κ2) is 4.70. The van der Waals surface area contributed by atoms with E-state index in [1.807, 2.05) is 18.2 Å². The molecule has 0 saturated heterocycles. The van der Waals surface area contributed by atoms with Gasteiger partial charge in [0.25, 0.3) is 0 Å². The topological polar surface area (TPSA) is 72.3 Å². The van der Waals surface area contributed by atoms with Crippen LogP contribution in [0.15, 0.2) is 51.7 Å². The third-order valence-corrected chi connectivity index (χ3v) is 2.85. The van der Waals surface area contributed by atoms with Crippen molar-refractivity contribution in [2.45, 2.75) is 6.92 Å². The molecule has 1 heterocycles. The molecule has 3 aromatic rings. The number of para-hydroxylation sites is 1. The Hall–Kier alpha value is -2.82. The lowest BCUT2D eigenvalue weighted by Crippen LogP contribution is -1.94. The van der Waals surface area contributed by atoms with Crippen LogP contribution in [0.3, 0.4) is 0 Å². The lowest BCUT2D eigenvalue weighted by Gasteiger charge is -2.06. The zero-order chi connectivity index (χ0) is 14.1. The third kappa shape index (κ3) is 2.21. The second-order valence-electron chi connectivity index (χ2n) is 4.33. The van der Waals surface area contributed by atoms with Gasteiger partial charge in [-0.15, -0.1) is 0 Å². The molecule has 20 heavy (non-hydrogen) atoms. The zero-order valence-electron chi connectivity index (χ0n) is 10.7. The fourth-order valence-electron chi connectivity index (χ4n) is 1.98. The van der Waals surface area contributed by atoms with Crippen LogP contribution in [-0.4, -0.2) is 10.8 Å². The molecular formula is C15H11NO4. The average Bonchev–Trinajstić information content (AvgIpc) is 2.79. The molecule has 0 fully saturated rings. The Kier molecular flexibility index (Phi) is 2.87. The fourth-order valence-corrected chi connectivity index (χ4v) is 1.98. The summed E-state index contributed by atoms with van der Waals surface area (Å²) in [7, 11) is 0. The lowest BCUT2D eigenvalue weighted by atomic mass is 10.1. The number of aromatic nitrogens is 1. The number of Topliss-reactive ketones (excluding diaryl/α,β-unsaturated/α-hetero) is 1. The van der Waals surface area contributed by atoms with Crippen molar-refractivity contribution in [2.75, 3.05) is 0 Å². The number of aromatic amines is 1. The first-order chi connectivity index (χ1) is 9.63. The van der Waals surface area contributed by atoms with Gasteiger partial charge in [0.1, 0.15) is 11.5 Å². The molecule has 0 bridgehead atoms. The Bertz CT molecular complexity index is 830. The number of ketones is 1. The number of carbonyl (C=O) groups is 1. The highest BCUT2D eigenvalue weighted by molar-refractivity contribution is 6.04. The summed E-state index contributed by atoms with van der Waals surface area (Å²) in [6, 6.07) is 12.4. The van der Waals surface area contributed by atoms with Gasteiger partial charge in [-0.25, -0.2) is 4.79 Å². The highest BCUT2D eigenvalue weighted by Crippen LogP contribution is 2.27.